The number of hydrogen-bond acceptors (Lipinski definition) is 4. The van der Waals surface area contributed by atoms with Gasteiger partial charge in [-0.1, -0.05) is 133 Å². The maximum absolute atomic E-state index is 15.5. The molecule has 3 amide bonds. The molecule has 1 atom stereocenters. The molecule has 0 saturated heterocycles. The summed E-state index contributed by atoms with van der Waals surface area (Å²) in [5.41, 5.74) is 4.71. The third-order valence-electron chi connectivity index (χ3n) is 9.63. The number of rotatable bonds is 9. The SMILES string of the molecule is O=C(Nc1ccc(Cl)cc1)N[C@@H]1N=C(c2ccccc2F)c2ccccc2N(Cc2cn(C(c3ccccc3)(c3ccccc3)c3ccccc3)cn2)C1=O. The zero-order chi connectivity index (χ0) is 37.8. The molecule has 2 heterocycles. The fraction of sp³-hybridized carbons (Fsp3) is 0.0667. The number of aromatic nitrogens is 2. The van der Waals surface area contributed by atoms with E-state index in [2.05, 4.69) is 51.6 Å². The largest absolute Gasteiger partial charge is 0.321 e. The normalized spacial score (nSPS) is 14.1. The lowest BCUT2D eigenvalue weighted by Crippen LogP contribution is -2.48. The van der Waals surface area contributed by atoms with Crippen molar-refractivity contribution in [3.05, 3.63) is 221 Å². The van der Waals surface area contributed by atoms with Gasteiger partial charge >= 0.3 is 6.03 Å². The van der Waals surface area contributed by atoms with Crippen molar-refractivity contribution in [3.8, 4) is 0 Å². The predicted octanol–water partition coefficient (Wildman–Crippen LogP) is 9.05. The van der Waals surface area contributed by atoms with E-state index in [-0.39, 0.29) is 17.8 Å². The van der Waals surface area contributed by atoms with Crippen molar-refractivity contribution in [2.75, 3.05) is 10.2 Å². The second kappa shape index (κ2) is 15.3. The number of urea groups is 1. The van der Waals surface area contributed by atoms with Crippen molar-refractivity contribution < 1.29 is 14.0 Å². The molecule has 270 valence electrons. The Balaban J connectivity index is 1.22. The molecule has 8 nitrogen and oxygen atoms in total. The number of nitrogens with zero attached hydrogens (tertiary/aromatic N) is 4. The van der Waals surface area contributed by atoms with E-state index in [1.807, 2.05) is 72.9 Å². The van der Waals surface area contributed by atoms with Gasteiger partial charge in [0.2, 0.25) is 6.17 Å². The molecule has 1 aliphatic rings. The molecule has 55 heavy (non-hydrogen) atoms. The highest BCUT2D eigenvalue weighted by molar-refractivity contribution is 6.30. The average molecular weight is 745 g/mol. The molecule has 6 aromatic carbocycles. The van der Waals surface area contributed by atoms with Gasteiger partial charge < -0.3 is 20.1 Å². The van der Waals surface area contributed by atoms with E-state index < -0.39 is 29.5 Å². The topological polar surface area (TPSA) is 91.6 Å². The van der Waals surface area contributed by atoms with Crippen LogP contribution in [0.25, 0.3) is 0 Å². The molecule has 1 aromatic heterocycles. The van der Waals surface area contributed by atoms with Crippen molar-refractivity contribution in [2.24, 2.45) is 4.99 Å². The summed E-state index contributed by atoms with van der Waals surface area (Å²) in [5.74, 6) is -1.04. The number of halogens is 2. The van der Waals surface area contributed by atoms with Crippen molar-refractivity contribution in [1.29, 1.82) is 0 Å². The fourth-order valence-electron chi connectivity index (χ4n) is 7.15. The van der Waals surface area contributed by atoms with Gasteiger partial charge in [-0.3, -0.25) is 4.79 Å². The van der Waals surface area contributed by atoms with Gasteiger partial charge in [-0.25, -0.2) is 19.2 Å². The van der Waals surface area contributed by atoms with E-state index in [1.165, 1.54) is 6.07 Å². The number of carbonyl (C=O) groups excluding carboxylic acids is 2. The number of hydrogen-bond donors (Lipinski definition) is 2. The quantitative estimate of drug-likeness (QED) is 0.145. The Kier molecular flexibility index (Phi) is 9.76. The van der Waals surface area contributed by atoms with Crippen LogP contribution in [-0.2, 0) is 16.9 Å². The number of para-hydroxylation sites is 1. The molecule has 0 saturated carbocycles. The van der Waals surface area contributed by atoms with Crippen LogP contribution in [0.3, 0.4) is 0 Å². The molecule has 10 heteroatoms. The molecule has 0 radical (unpaired) electrons. The van der Waals surface area contributed by atoms with Crippen molar-refractivity contribution >= 4 is 40.6 Å². The maximum Gasteiger partial charge on any atom is 0.321 e. The summed E-state index contributed by atoms with van der Waals surface area (Å²) >= 11 is 6.04. The van der Waals surface area contributed by atoms with Crippen molar-refractivity contribution in [1.82, 2.24) is 14.9 Å². The first-order chi connectivity index (χ1) is 26.9. The Morgan fingerprint density at radius 3 is 1.85 bits per heavy atom. The van der Waals surface area contributed by atoms with Crippen LogP contribution in [0.1, 0.15) is 33.5 Å². The van der Waals surface area contributed by atoms with Crippen LogP contribution in [-0.4, -0.2) is 33.4 Å². The molecule has 0 spiro atoms. The minimum Gasteiger partial charge on any atom is -0.319 e. The standard InChI is InChI=1S/C45H34ClFN6O2/c46-34-24-26-35(27-25-34)49-44(55)51-42-43(54)53(40-23-13-11-21-38(40)41(50-42)37-20-10-12-22-39(37)47)29-36-28-52(30-48-36)45(31-14-4-1-5-15-31,32-16-6-2-7-17-32)33-18-8-3-9-19-33/h1-28,30,42H,29H2,(H2,49,51,55)/t42-/m0/s1. The van der Waals surface area contributed by atoms with Gasteiger partial charge in [0, 0.05) is 28.0 Å². The van der Waals surface area contributed by atoms with Gasteiger partial charge in [0.1, 0.15) is 11.4 Å². The number of benzodiazepines with no additional fused rings is 1. The van der Waals surface area contributed by atoms with E-state index in [0.717, 1.165) is 16.7 Å². The number of anilines is 2. The summed E-state index contributed by atoms with van der Waals surface area (Å²) in [6, 6.07) is 50.0. The van der Waals surface area contributed by atoms with Gasteiger partial charge in [-0.15, -0.1) is 0 Å². The predicted molar refractivity (Wildman–Crippen MR) is 214 cm³/mol. The minimum atomic E-state index is -1.42. The Morgan fingerprint density at radius 1 is 0.709 bits per heavy atom. The Hall–Kier alpha value is -6.84. The zero-order valence-corrected chi connectivity index (χ0v) is 30.1. The number of fused-ring (bicyclic) bond motifs is 1. The molecule has 0 bridgehead atoms. The second-order valence-corrected chi connectivity index (χ2v) is 13.4. The van der Waals surface area contributed by atoms with Crippen LogP contribution in [0.5, 0.6) is 0 Å². The van der Waals surface area contributed by atoms with Crippen LogP contribution < -0.4 is 15.5 Å². The minimum absolute atomic E-state index is 0.0222. The highest BCUT2D eigenvalue weighted by Crippen LogP contribution is 2.41. The third-order valence-corrected chi connectivity index (χ3v) is 9.88. The molecule has 0 unspecified atom stereocenters. The monoisotopic (exact) mass is 744 g/mol. The van der Waals surface area contributed by atoms with Gasteiger partial charge in [0.05, 0.1) is 30.0 Å². The first kappa shape index (κ1) is 35.2. The number of imidazole rings is 1. The molecule has 0 fully saturated rings. The first-order valence-corrected chi connectivity index (χ1v) is 18.1. The number of aliphatic imine (C=N–C) groups is 1. The third kappa shape index (κ3) is 6.89. The molecule has 2 N–H and O–H groups in total. The number of benzene rings is 6. The van der Waals surface area contributed by atoms with Gasteiger partial charge in [-0.05, 0) is 59.2 Å². The number of nitrogens with one attached hydrogen (secondary N) is 2. The van der Waals surface area contributed by atoms with Gasteiger partial charge in [-0.2, -0.15) is 0 Å². The van der Waals surface area contributed by atoms with Gasteiger partial charge in [0.25, 0.3) is 5.91 Å². The summed E-state index contributed by atoms with van der Waals surface area (Å²) in [4.78, 5) is 39.3. The maximum atomic E-state index is 15.5. The highest BCUT2D eigenvalue weighted by atomic mass is 35.5. The summed E-state index contributed by atoms with van der Waals surface area (Å²) < 4.78 is 17.6. The Morgan fingerprint density at radius 2 is 1.25 bits per heavy atom. The lowest BCUT2D eigenvalue weighted by Gasteiger charge is -2.37. The smallest absolute Gasteiger partial charge is 0.319 e. The molecular formula is C45H34ClFN6O2. The van der Waals surface area contributed by atoms with E-state index in [1.54, 1.807) is 65.8 Å². The summed E-state index contributed by atoms with van der Waals surface area (Å²) in [6.45, 7) is 0.0222. The molecule has 0 aliphatic carbocycles. The van der Waals surface area contributed by atoms with E-state index in [4.69, 9.17) is 21.6 Å². The summed E-state index contributed by atoms with van der Waals surface area (Å²) in [5, 5.41) is 5.97. The van der Waals surface area contributed by atoms with Crippen molar-refractivity contribution in [2.45, 2.75) is 18.2 Å². The number of carbonyl (C=O) groups is 2. The Labute approximate surface area is 322 Å². The molecule has 7 aromatic rings. The summed E-state index contributed by atoms with van der Waals surface area (Å²) in [7, 11) is 0. The highest BCUT2D eigenvalue weighted by Gasteiger charge is 2.39. The van der Waals surface area contributed by atoms with E-state index >= 15 is 4.39 Å². The number of amides is 3. The van der Waals surface area contributed by atoms with E-state index in [9.17, 15) is 9.59 Å². The fourth-order valence-corrected chi connectivity index (χ4v) is 7.28. The van der Waals surface area contributed by atoms with Gasteiger partial charge in [0.15, 0.2) is 0 Å². The Bertz CT molecular complexity index is 2390. The van der Waals surface area contributed by atoms with Crippen molar-refractivity contribution in [3.63, 3.8) is 0 Å². The second-order valence-electron chi connectivity index (χ2n) is 13.0. The van der Waals surface area contributed by atoms with Crippen LogP contribution >= 0.6 is 11.6 Å². The lowest BCUT2D eigenvalue weighted by atomic mass is 9.77. The lowest BCUT2D eigenvalue weighted by molar-refractivity contribution is -0.120. The van der Waals surface area contributed by atoms with Crippen LogP contribution in [0.2, 0.25) is 5.02 Å². The first-order valence-electron chi connectivity index (χ1n) is 17.7. The average Bonchev–Trinajstić information content (AvgIpc) is 3.66. The molecule has 8 rings (SSSR count). The molecular weight excluding hydrogens is 711 g/mol. The summed E-state index contributed by atoms with van der Waals surface area (Å²) in [6.07, 6.45) is 2.31. The van der Waals surface area contributed by atoms with Crippen LogP contribution in [0.15, 0.2) is 181 Å². The van der Waals surface area contributed by atoms with Crippen LogP contribution in [0, 0.1) is 5.82 Å². The van der Waals surface area contributed by atoms with Crippen LogP contribution in [0.4, 0.5) is 20.6 Å². The van der Waals surface area contributed by atoms with E-state index in [0.29, 0.717) is 27.7 Å². The zero-order valence-electron chi connectivity index (χ0n) is 29.4. The molecule has 1 aliphatic heterocycles.